The second-order valence-electron chi connectivity index (χ2n) is 5.31. The molecule has 0 aromatic rings. The number of rotatable bonds is 2. The summed E-state index contributed by atoms with van der Waals surface area (Å²) in [6.45, 7) is 0. The Morgan fingerprint density at radius 2 is 1.09 bits per heavy atom. The predicted octanol–water partition coefficient (Wildman–Crippen LogP) is 5.85. The molecule has 0 nitrogen and oxygen atoms in total. The van der Waals surface area contributed by atoms with Gasteiger partial charge in [-0.3, -0.25) is 0 Å². The Labute approximate surface area is 132 Å². The van der Waals surface area contributed by atoms with Crippen LogP contribution in [0.2, 0.25) is 0 Å². The first-order valence-electron chi connectivity index (χ1n) is 7.78. The molecule has 0 aliphatic heterocycles. The van der Waals surface area contributed by atoms with E-state index in [1.54, 1.807) is 0 Å². The third kappa shape index (κ3) is 3.53. The van der Waals surface area contributed by atoms with Gasteiger partial charge in [0.15, 0.2) is 0 Å². The van der Waals surface area contributed by atoms with Crippen LogP contribution in [0.1, 0.15) is 12.8 Å². The summed E-state index contributed by atoms with van der Waals surface area (Å²) in [6.07, 6.45) is 36.6. The summed E-state index contributed by atoms with van der Waals surface area (Å²) in [4.78, 5) is 0. The molecule has 0 bridgehead atoms. The Morgan fingerprint density at radius 3 is 1.64 bits per heavy atom. The molecule has 0 heteroatoms. The Morgan fingerprint density at radius 1 is 0.545 bits per heavy atom. The van der Waals surface area contributed by atoms with Crippen molar-refractivity contribution in [2.45, 2.75) is 12.8 Å². The minimum absolute atomic E-state index is 0.991. The van der Waals surface area contributed by atoms with Crippen LogP contribution >= 0.6 is 0 Å². The smallest absolute Gasteiger partial charge is 0.00391 e. The summed E-state index contributed by atoms with van der Waals surface area (Å²) < 4.78 is 0. The van der Waals surface area contributed by atoms with Crippen LogP contribution < -0.4 is 0 Å². The van der Waals surface area contributed by atoms with Gasteiger partial charge in [-0.25, -0.2) is 0 Å². The van der Waals surface area contributed by atoms with Crippen molar-refractivity contribution >= 4 is 0 Å². The Bertz CT molecular complexity index is 660. The predicted molar refractivity (Wildman–Crippen MR) is 96.4 cm³/mol. The summed E-state index contributed by atoms with van der Waals surface area (Å²) in [7, 11) is 0. The van der Waals surface area contributed by atoms with Gasteiger partial charge in [-0.2, -0.15) is 0 Å². The molecule has 3 aliphatic carbocycles. The van der Waals surface area contributed by atoms with E-state index in [1.165, 1.54) is 22.3 Å². The molecule has 0 heterocycles. The minimum Gasteiger partial charge on any atom is -0.0807 e. The Balaban J connectivity index is 2.16. The lowest BCUT2D eigenvalue weighted by Gasteiger charge is -2.13. The van der Waals surface area contributed by atoms with Gasteiger partial charge in [-0.15, -0.1) is 0 Å². The molecule has 0 N–H and O–H groups in total. The average Bonchev–Trinajstić information content (AvgIpc) is 3.04. The van der Waals surface area contributed by atoms with Crippen LogP contribution in [0.25, 0.3) is 0 Å². The third-order valence-electron chi connectivity index (χ3n) is 3.71. The van der Waals surface area contributed by atoms with Gasteiger partial charge >= 0.3 is 0 Å². The van der Waals surface area contributed by atoms with Crippen LogP contribution in [0, 0.1) is 0 Å². The lowest BCUT2D eigenvalue weighted by Crippen LogP contribution is -1.95. The van der Waals surface area contributed by atoms with E-state index in [2.05, 4.69) is 97.2 Å². The van der Waals surface area contributed by atoms with Gasteiger partial charge in [0, 0.05) is 0 Å². The highest BCUT2D eigenvalue weighted by Gasteiger charge is 2.11. The van der Waals surface area contributed by atoms with E-state index in [1.807, 2.05) is 0 Å². The largest absolute Gasteiger partial charge is 0.0807 e. The average molecular weight is 284 g/mol. The first kappa shape index (κ1) is 14.3. The molecule has 0 aromatic heterocycles. The van der Waals surface area contributed by atoms with E-state index in [-0.39, 0.29) is 0 Å². The van der Waals surface area contributed by atoms with Crippen molar-refractivity contribution in [2.24, 2.45) is 0 Å². The van der Waals surface area contributed by atoms with Crippen molar-refractivity contribution in [3.63, 3.8) is 0 Å². The topological polar surface area (TPSA) is 0 Å². The third-order valence-corrected chi connectivity index (χ3v) is 3.71. The monoisotopic (exact) mass is 284 g/mol. The molecule has 0 radical (unpaired) electrons. The van der Waals surface area contributed by atoms with Crippen LogP contribution in [-0.2, 0) is 0 Å². The van der Waals surface area contributed by atoms with Crippen LogP contribution in [-0.4, -0.2) is 0 Å². The quantitative estimate of drug-likeness (QED) is 0.596. The second kappa shape index (κ2) is 7.42. The number of allylic oxidation sites excluding steroid dienone is 20. The molecule has 0 saturated heterocycles. The minimum atomic E-state index is 0.991. The molecule has 3 aliphatic rings. The maximum Gasteiger partial charge on any atom is -0.00391 e. The Kier molecular flexibility index (Phi) is 4.84. The summed E-state index contributed by atoms with van der Waals surface area (Å²) >= 11 is 0. The van der Waals surface area contributed by atoms with Crippen molar-refractivity contribution < 1.29 is 0 Å². The first-order chi connectivity index (χ1) is 10.9. The van der Waals surface area contributed by atoms with Crippen molar-refractivity contribution in [3.05, 3.63) is 120 Å². The summed E-state index contributed by atoms with van der Waals surface area (Å²) in [5.74, 6) is 0. The van der Waals surface area contributed by atoms with E-state index in [0.717, 1.165) is 12.8 Å². The van der Waals surface area contributed by atoms with Gasteiger partial charge < -0.3 is 0 Å². The van der Waals surface area contributed by atoms with Gasteiger partial charge in [-0.1, -0.05) is 97.2 Å². The fourth-order valence-corrected chi connectivity index (χ4v) is 2.66. The fraction of sp³-hybridized carbons (Fsp3) is 0.0909. The molecule has 108 valence electrons. The van der Waals surface area contributed by atoms with E-state index >= 15 is 0 Å². The van der Waals surface area contributed by atoms with E-state index < -0.39 is 0 Å². The van der Waals surface area contributed by atoms with Crippen LogP contribution in [0.4, 0.5) is 0 Å². The fourth-order valence-electron chi connectivity index (χ4n) is 2.66. The zero-order chi connectivity index (χ0) is 15.0. The summed E-state index contributed by atoms with van der Waals surface area (Å²) in [5.41, 5.74) is 5.03. The highest BCUT2D eigenvalue weighted by atomic mass is 14.2. The Hall–Kier alpha value is -2.60. The highest BCUT2D eigenvalue weighted by molar-refractivity contribution is 5.64. The maximum atomic E-state index is 2.23. The van der Waals surface area contributed by atoms with Crippen LogP contribution in [0.3, 0.4) is 0 Å². The van der Waals surface area contributed by atoms with Crippen molar-refractivity contribution in [1.82, 2.24) is 0 Å². The van der Waals surface area contributed by atoms with Crippen molar-refractivity contribution in [3.8, 4) is 0 Å². The van der Waals surface area contributed by atoms with Crippen molar-refractivity contribution in [2.75, 3.05) is 0 Å². The van der Waals surface area contributed by atoms with Crippen LogP contribution in [0.15, 0.2) is 120 Å². The van der Waals surface area contributed by atoms with E-state index in [9.17, 15) is 0 Å². The second-order valence-corrected chi connectivity index (χ2v) is 5.31. The number of hydrogen-bond donors (Lipinski definition) is 0. The van der Waals surface area contributed by atoms with Gasteiger partial charge in [0.05, 0.1) is 0 Å². The van der Waals surface area contributed by atoms with Crippen molar-refractivity contribution in [1.29, 1.82) is 0 Å². The lowest BCUT2D eigenvalue weighted by atomic mass is 9.91. The molecule has 0 spiro atoms. The zero-order valence-electron chi connectivity index (χ0n) is 12.7. The molecule has 22 heavy (non-hydrogen) atoms. The summed E-state index contributed by atoms with van der Waals surface area (Å²) in [6, 6.07) is 0. The SMILES string of the molecule is C1=CC=CC(=C(C2=CC=CCC=C2)C2=CC=CCC=C2)C=C1. The molecule has 0 unspecified atom stereocenters. The molecular weight excluding hydrogens is 264 g/mol. The first-order valence-corrected chi connectivity index (χ1v) is 7.78. The molecule has 0 amide bonds. The number of hydrogen-bond acceptors (Lipinski definition) is 0. The van der Waals surface area contributed by atoms with Gasteiger partial charge in [0.25, 0.3) is 0 Å². The molecular formula is C22H20. The van der Waals surface area contributed by atoms with E-state index in [0.29, 0.717) is 0 Å². The van der Waals surface area contributed by atoms with E-state index in [4.69, 9.17) is 0 Å². The van der Waals surface area contributed by atoms with Gasteiger partial charge in [0.1, 0.15) is 0 Å². The zero-order valence-corrected chi connectivity index (χ0v) is 12.7. The molecule has 0 saturated carbocycles. The normalized spacial score (nSPS) is 19.5. The van der Waals surface area contributed by atoms with Crippen LogP contribution in [0.5, 0.6) is 0 Å². The van der Waals surface area contributed by atoms with Gasteiger partial charge in [0.2, 0.25) is 0 Å². The highest BCUT2D eigenvalue weighted by Crippen LogP contribution is 2.30. The van der Waals surface area contributed by atoms with Gasteiger partial charge in [-0.05, 0) is 35.1 Å². The maximum absolute atomic E-state index is 2.23. The molecule has 0 fully saturated rings. The molecule has 3 rings (SSSR count). The lowest BCUT2D eigenvalue weighted by molar-refractivity contribution is 1.37. The molecule has 0 atom stereocenters. The standard InChI is InChI=1S/C22H20/c1-2-8-14-19(13-7-1)22(20-15-9-3-4-10-16-20)21-17-11-5-6-12-18-21/h1-3,5,7-18H,4,6H2. The summed E-state index contributed by atoms with van der Waals surface area (Å²) in [5, 5.41) is 0. The molecule has 0 aromatic carbocycles.